The fourth-order valence-electron chi connectivity index (χ4n) is 4.39. The van der Waals surface area contributed by atoms with Gasteiger partial charge in [-0.2, -0.15) is 0 Å². The van der Waals surface area contributed by atoms with Crippen LogP contribution < -0.4 is 10.1 Å². The van der Waals surface area contributed by atoms with Gasteiger partial charge in [-0.05, 0) is 29.2 Å². The van der Waals surface area contributed by atoms with E-state index < -0.39 is 0 Å². The monoisotopic (exact) mass is 429 g/mol. The predicted octanol–water partition coefficient (Wildman–Crippen LogP) is 4.35. The first-order valence-electron chi connectivity index (χ1n) is 11.2. The van der Waals surface area contributed by atoms with Crippen LogP contribution in [0.25, 0.3) is 0 Å². The van der Waals surface area contributed by atoms with Gasteiger partial charge in [0.15, 0.2) is 0 Å². The molecule has 0 spiro atoms. The van der Waals surface area contributed by atoms with Crippen LogP contribution >= 0.6 is 0 Å². The van der Waals surface area contributed by atoms with Crippen LogP contribution in [0.4, 0.5) is 4.79 Å². The van der Waals surface area contributed by atoms with Gasteiger partial charge in [-0.15, -0.1) is 0 Å². The van der Waals surface area contributed by atoms with Gasteiger partial charge in [0.25, 0.3) is 0 Å². The van der Waals surface area contributed by atoms with Crippen molar-refractivity contribution < 1.29 is 9.53 Å². The van der Waals surface area contributed by atoms with Gasteiger partial charge in [0.2, 0.25) is 0 Å². The standard InChI is InChI=1S/C27H31N3O2/c1-32-25-15-9-8-10-22(25)16-17-28-27(31)30-20-18-29(19-21-30)26(23-11-4-2-5-12-23)24-13-6-3-7-14-24/h2-15,26H,16-21H2,1H3,(H,28,31). The summed E-state index contributed by atoms with van der Waals surface area (Å²) in [6, 6.07) is 29.4. The van der Waals surface area contributed by atoms with E-state index in [1.54, 1.807) is 7.11 Å². The molecule has 166 valence electrons. The van der Waals surface area contributed by atoms with E-state index in [1.165, 1.54) is 11.1 Å². The van der Waals surface area contributed by atoms with E-state index in [-0.39, 0.29) is 12.1 Å². The summed E-state index contributed by atoms with van der Waals surface area (Å²) in [7, 11) is 1.68. The van der Waals surface area contributed by atoms with Crippen molar-refractivity contribution in [1.29, 1.82) is 0 Å². The lowest BCUT2D eigenvalue weighted by atomic mass is 9.96. The van der Waals surface area contributed by atoms with Crippen LogP contribution in [-0.4, -0.2) is 55.7 Å². The highest BCUT2D eigenvalue weighted by atomic mass is 16.5. The molecule has 3 aromatic rings. The summed E-state index contributed by atoms with van der Waals surface area (Å²) in [6.45, 7) is 3.71. The van der Waals surface area contributed by atoms with E-state index in [0.717, 1.165) is 43.9 Å². The number of nitrogens with zero attached hydrogens (tertiary/aromatic N) is 2. The molecule has 2 amide bonds. The van der Waals surface area contributed by atoms with Crippen LogP contribution in [0.1, 0.15) is 22.7 Å². The number of hydrogen-bond acceptors (Lipinski definition) is 3. The molecule has 5 heteroatoms. The number of carbonyl (C=O) groups excluding carboxylic acids is 1. The van der Waals surface area contributed by atoms with Crippen LogP contribution in [0.5, 0.6) is 5.75 Å². The number of methoxy groups -OCH3 is 1. The Morgan fingerprint density at radius 2 is 1.41 bits per heavy atom. The molecule has 1 heterocycles. The SMILES string of the molecule is COc1ccccc1CCNC(=O)N1CCN(C(c2ccccc2)c2ccccc2)CC1. The van der Waals surface area contributed by atoms with Crippen molar-refractivity contribution in [3.8, 4) is 5.75 Å². The number of hydrogen-bond donors (Lipinski definition) is 1. The Labute approximate surface area is 190 Å². The van der Waals surface area contributed by atoms with Crippen LogP contribution in [0.3, 0.4) is 0 Å². The maximum Gasteiger partial charge on any atom is 0.317 e. The number of nitrogens with one attached hydrogen (secondary N) is 1. The number of urea groups is 1. The molecule has 0 unspecified atom stereocenters. The van der Waals surface area contributed by atoms with E-state index >= 15 is 0 Å². The fraction of sp³-hybridized carbons (Fsp3) is 0.296. The van der Waals surface area contributed by atoms with E-state index in [9.17, 15) is 4.79 Å². The van der Waals surface area contributed by atoms with Crippen LogP contribution in [0.2, 0.25) is 0 Å². The fourth-order valence-corrected chi connectivity index (χ4v) is 4.39. The van der Waals surface area contributed by atoms with Crippen molar-refractivity contribution in [1.82, 2.24) is 15.1 Å². The van der Waals surface area contributed by atoms with Crippen LogP contribution in [-0.2, 0) is 6.42 Å². The number of amides is 2. The average Bonchev–Trinajstić information content (AvgIpc) is 2.86. The summed E-state index contributed by atoms with van der Waals surface area (Å²) in [5, 5.41) is 3.07. The summed E-state index contributed by atoms with van der Waals surface area (Å²) in [5.74, 6) is 0.864. The lowest BCUT2D eigenvalue weighted by Crippen LogP contribution is -2.52. The molecule has 1 N–H and O–H groups in total. The van der Waals surface area contributed by atoms with Crippen molar-refractivity contribution in [2.45, 2.75) is 12.5 Å². The smallest absolute Gasteiger partial charge is 0.317 e. The van der Waals surface area contributed by atoms with Crippen molar-refractivity contribution in [2.24, 2.45) is 0 Å². The van der Waals surface area contributed by atoms with E-state index in [4.69, 9.17) is 4.74 Å². The highest BCUT2D eigenvalue weighted by Crippen LogP contribution is 2.29. The van der Waals surface area contributed by atoms with Crippen LogP contribution in [0, 0.1) is 0 Å². The van der Waals surface area contributed by atoms with Gasteiger partial charge in [-0.1, -0.05) is 78.9 Å². The molecule has 32 heavy (non-hydrogen) atoms. The summed E-state index contributed by atoms with van der Waals surface area (Å²) in [6.07, 6.45) is 0.750. The number of rotatable bonds is 7. The summed E-state index contributed by atoms with van der Waals surface area (Å²) in [5.41, 5.74) is 3.68. The Balaban J connectivity index is 1.33. The maximum absolute atomic E-state index is 12.7. The second-order valence-electron chi connectivity index (χ2n) is 8.04. The molecule has 1 fully saturated rings. The van der Waals surface area contributed by atoms with Gasteiger partial charge < -0.3 is 15.0 Å². The molecule has 4 rings (SSSR count). The second-order valence-corrected chi connectivity index (χ2v) is 8.04. The van der Waals surface area contributed by atoms with Crippen molar-refractivity contribution in [2.75, 3.05) is 39.8 Å². The zero-order valence-electron chi connectivity index (χ0n) is 18.6. The zero-order chi connectivity index (χ0) is 22.2. The van der Waals surface area contributed by atoms with Crippen molar-refractivity contribution in [3.63, 3.8) is 0 Å². The highest BCUT2D eigenvalue weighted by Gasteiger charge is 2.28. The number of para-hydroxylation sites is 1. The molecule has 1 aliphatic rings. The minimum absolute atomic E-state index is 0.00974. The Morgan fingerprint density at radius 1 is 0.844 bits per heavy atom. The third-order valence-electron chi connectivity index (χ3n) is 6.06. The van der Waals surface area contributed by atoms with Crippen molar-refractivity contribution >= 4 is 6.03 Å². The topological polar surface area (TPSA) is 44.8 Å². The van der Waals surface area contributed by atoms with Gasteiger partial charge in [-0.25, -0.2) is 4.79 Å². The minimum atomic E-state index is 0.00974. The second kappa shape index (κ2) is 10.8. The molecular weight excluding hydrogens is 398 g/mol. The molecule has 1 saturated heterocycles. The van der Waals surface area contributed by atoms with Crippen LogP contribution in [0.15, 0.2) is 84.9 Å². The van der Waals surface area contributed by atoms with E-state index in [0.29, 0.717) is 6.54 Å². The lowest BCUT2D eigenvalue weighted by molar-refractivity contribution is 0.120. The molecule has 0 saturated carbocycles. The molecule has 0 bridgehead atoms. The third-order valence-corrected chi connectivity index (χ3v) is 6.06. The minimum Gasteiger partial charge on any atom is -0.496 e. The molecule has 0 radical (unpaired) electrons. The molecule has 0 aliphatic carbocycles. The van der Waals surface area contributed by atoms with Gasteiger partial charge in [0, 0.05) is 32.7 Å². The summed E-state index contributed by atoms with van der Waals surface area (Å²) >= 11 is 0. The first kappa shape index (κ1) is 21.9. The molecule has 0 aromatic heterocycles. The Kier molecular flexibility index (Phi) is 7.41. The van der Waals surface area contributed by atoms with Crippen molar-refractivity contribution in [3.05, 3.63) is 102 Å². The van der Waals surface area contributed by atoms with E-state index in [2.05, 4.69) is 70.9 Å². The largest absolute Gasteiger partial charge is 0.496 e. The maximum atomic E-state index is 12.7. The number of ether oxygens (including phenoxy) is 1. The Bertz CT molecular complexity index is 947. The van der Waals surface area contributed by atoms with Gasteiger partial charge >= 0.3 is 6.03 Å². The molecule has 1 aliphatic heterocycles. The normalized spacial score (nSPS) is 14.4. The average molecular weight is 430 g/mol. The first-order chi connectivity index (χ1) is 15.8. The quantitative estimate of drug-likeness (QED) is 0.607. The first-order valence-corrected chi connectivity index (χ1v) is 11.2. The third kappa shape index (κ3) is 5.29. The van der Waals surface area contributed by atoms with E-state index in [1.807, 2.05) is 29.2 Å². The molecule has 0 atom stereocenters. The number of carbonyl (C=O) groups is 1. The lowest BCUT2D eigenvalue weighted by Gasteiger charge is -2.39. The molecule has 3 aromatic carbocycles. The van der Waals surface area contributed by atoms with Gasteiger partial charge in [0.1, 0.15) is 5.75 Å². The van der Waals surface area contributed by atoms with Gasteiger partial charge in [0.05, 0.1) is 13.2 Å². The highest BCUT2D eigenvalue weighted by molar-refractivity contribution is 5.74. The molecular formula is C27H31N3O2. The number of piperazine rings is 1. The Morgan fingerprint density at radius 3 is 2.00 bits per heavy atom. The number of benzene rings is 3. The molecule has 5 nitrogen and oxygen atoms in total. The summed E-state index contributed by atoms with van der Waals surface area (Å²) < 4.78 is 5.40. The Hall–Kier alpha value is -3.31. The zero-order valence-corrected chi connectivity index (χ0v) is 18.6. The predicted molar refractivity (Wildman–Crippen MR) is 128 cm³/mol. The van der Waals surface area contributed by atoms with Gasteiger partial charge in [-0.3, -0.25) is 4.90 Å². The summed E-state index contributed by atoms with van der Waals surface area (Å²) in [4.78, 5) is 17.1.